The van der Waals surface area contributed by atoms with Crippen molar-refractivity contribution in [3.8, 4) is 0 Å². The van der Waals surface area contributed by atoms with Gasteiger partial charge >= 0.3 is 0 Å². The van der Waals surface area contributed by atoms with Gasteiger partial charge in [0.15, 0.2) is 7.98 Å². The summed E-state index contributed by atoms with van der Waals surface area (Å²) in [6, 6.07) is 9.43. The second-order valence-electron chi connectivity index (χ2n) is 4.41. The van der Waals surface area contributed by atoms with Crippen LogP contribution >= 0.6 is 0 Å². The van der Waals surface area contributed by atoms with Gasteiger partial charge in [-0.15, -0.1) is 0 Å². The molecule has 0 saturated carbocycles. The van der Waals surface area contributed by atoms with Crippen molar-refractivity contribution in [1.29, 1.82) is 0 Å². The molecule has 1 heterocycles. The second kappa shape index (κ2) is 4.85. The van der Waals surface area contributed by atoms with Crippen LogP contribution < -0.4 is 0 Å². The summed E-state index contributed by atoms with van der Waals surface area (Å²) in [6.07, 6.45) is 4.71. The number of nitrogens with zero attached hydrogens (tertiary/aromatic N) is 1. The Labute approximate surface area is 93.9 Å². The zero-order valence-corrected chi connectivity index (χ0v) is 9.45. The number of hydrogen-bond acceptors (Lipinski definition) is 1. The van der Waals surface area contributed by atoms with Crippen LogP contribution in [0.5, 0.6) is 0 Å². The van der Waals surface area contributed by atoms with Gasteiger partial charge in [0.05, 0.1) is 0 Å². The Kier molecular flexibility index (Phi) is 3.47. The molecule has 2 radical (unpaired) electrons. The zero-order valence-electron chi connectivity index (χ0n) is 9.45. The largest absolute Gasteiger partial charge is 0.351 e. The van der Waals surface area contributed by atoms with Crippen LogP contribution in [0.25, 0.3) is 0 Å². The smallest absolute Gasteiger partial charge is 0.182 e. The summed E-state index contributed by atoms with van der Waals surface area (Å²) < 4.78 is 0. The normalized spacial score (nSPS) is 22.1. The number of aryl methyl sites for hydroxylation is 1. The van der Waals surface area contributed by atoms with Crippen molar-refractivity contribution in [2.24, 2.45) is 0 Å². The van der Waals surface area contributed by atoms with E-state index in [0.29, 0.717) is 6.04 Å². The number of benzene rings is 1. The Morgan fingerprint density at radius 3 is 2.87 bits per heavy atom. The predicted octanol–water partition coefficient (Wildman–Crippen LogP) is 2.34. The van der Waals surface area contributed by atoms with Crippen LogP contribution in [0.1, 0.15) is 30.9 Å². The summed E-state index contributed by atoms with van der Waals surface area (Å²) >= 11 is 0. The van der Waals surface area contributed by atoms with E-state index in [2.05, 4.69) is 31.2 Å². The van der Waals surface area contributed by atoms with E-state index >= 15 is 0 Å². The maximum atomic E-state index is 5.93. The van der Waals surface area contributed by atoms with Gasteiger partial charge in [-0.05, 0) is 43.4 Å². The molecule has 1 aliphatic rings. The third-order valence-electron chi connectivity index (χ3n) is 3.29. The topological polar surface area (TPSA) is 3.24 Å². The number of rotatable bonds is 3. The van der Waals surface area contributed by atoms with Crippen LogP contribution in [0, 0.1) is 0 Å². The Morgan fingerprint density at radius 2 is 2.20 bits per heavy atom. The van der Waals surface area contributed by atoms with E-state index in [1.807, 2.05) is 4.81 Å². The predicted molar refractivity (Wildman–Crippen MR) is 65.0 cm³/mol. The van der Waals surface area contributed by atoms with Gasteiger partial charge in [0.2, 0.25) is 0 Å². The van der Waals surface area contributed by atoms with Gasteiger partial charge < -0.3 is 4.81 Å². The molecular formula is C13H18BN. The Hall–Kier alpha value is -0.755. The first kappa shape index (κ1) is 10.8. The summed E-state index contributed by atoms with van der Waals surface area (Å²) in [5.74, 6) is 0. The molecule has 1 aromatic carbocycles. The first-order valence-electron chi connectivity index (χ1n) is 5.88. The lowest BCUT2D eigenvalue weighted by molar-refractivity contribution is 0.418. The van der Waals surface area contributed by atoms with E-state index in [1.165, 1.54) is 24.0 Å². The molecule has 0 spiro atoms. The van der Waals surface area contributed by atoms with Crippen LogP contribution in [-0.2, 0) is 12.8 Å². The lowest BCUT2D eigenvalue weighted by Gasteiger charge is -2.20. The third-order valence-corrected chi connectivity index (χ3v) is 3.29. The number of hydrogen-bond donors (Lipinski definition) is 0. The molecule has 1 aromatic rings. The average molecular weight is 199 g/mol. The van der Waals surface area contributed by atoms with Gasteiger partial charge in [0, 0.05) is 6.04 Å². The van der Waals surface area contributed by atoms with Gasteiger partial charge in [-0.1, -0.05) is 31.2 Å². The van der Waals surface area contributed by atoms with E-state index in [0.717, 1.165) is 19.4 Å². The molecule has 2 rings (SSSR count). The van der Waals surface area contributed by atoms with Crippen molar-refractivity contribution in [1.82, 2.24) is 4.81 Å². The van der Waals surface area contributed by atoms with E-state index < -0.39 is 0 Å². The summed E-state index contributed by atoms with van der Waals surface area (Å²) in [4.78, 5) is 2.00. The highest BCUT2D eigenvalue weighted by atomic mass is 15.1. The van der Waals surface area contributed by atoms with E-state index in [1.54, 1.807) is 0 Å². The third kappa shape index (κ3) is 2.63. The Balaban J connectivity index is 2.03. The van der Waals surface area contributed by atoms with Crippen molar-refractivity contribution >= 4 is 7.98 Å². The highest BCUT2D eigenvalue weighted by molar-refractivity contribution is 6.04. The van der Waals surface area contributed by atoms with Gasteiger partial charge in [-0.25, -0.2) is 0 Å². The van der Waals surface area contributed by atoms with Crippen LogP contribution in [0.3, 0.4) is 0 Å². The SMILES string of the molecule is [B]N1CCCC1Cc1cccc(CC)c1. The lowest BCUT2D eigenvalue weighted by atomic mass is 10.00. The maximum Gasteiger partial charge on any atom is 0.182 e. The molecule has 0 aromatic heterocycles. The highest BCUT2D eigenvalue weighted by Gasteiger charge is 2.20. The summed E-state index contributed by atoms with van der Waals surface area (Å²) in [5.41, 5.74) is 2.85. The van der Waals surface area contributed by atoms with Crippen LogP contribution in [0.2, 0.25) is 0 Å². The molecule has 1 aliphatic heterocycles. The van der Waals surface area contributed by atoms with E-state index in [9.17, 15) is 0 Å². The van der Waals surface area contributed by atoms with Gasteiger partial charge in [0.25, 0.3) is 0 Å². The van der Waals surface area contributed by atoms with Gasteiger partial charge in [-0.3, -0.25) is 0 Å². The van der Waals surface area contributed by atoms with Crippen LogP contribution in [0.15, 0.2) is 24.3 Å². The second-order valence-corrected chi connectivity index (χ2v) is 4.41. The fourth-order valence-electron chi connectivity index (χ4n) is 2.33. The maximum absolute atomic E-state index is 5.93. The first-order valence-corrected chi connectivity index (χ1v) is 5.88. The van der Waals surface area contributed by atoms with E-state index in [-0.39, 0.29) is 0 Å². The minimum absolute atomic E-state index is 0.553. The quantitative estimate of drug-likeness (QED) is 0.675. The zero-order chi connectivity index (χ0) is 10.7. The molecule has 15 heavy (non-hydrogen) atoms. The van der Waals surface area contributed by atoms with Gasteiger partial charge in [0.1, 0.15) is 0 Å². The van der Waals surface area contributed by atoms with E-state index in [4.69, 9.17) is 7.98 Å². The van der Waals surface area contributed by atoms with Crippen LogP contribution in [-0.4, -0.2) is 25.4 Å². The summed E-state index contributed by atoms with van der Waals surface area (Å²) in [5, 5.41) is 0. The molecule has 78 valence electrons. The van der Waals surface area contributed by atoms with Crippen molar-refractivity contribution in [3.05, 3.63) is 35.4 Å². The lowest BCUT2D eigenvalue weighted by Crippen LogP contribution is -2.28. The molecule has 1 nitrogen and oxygen atoms in total. The monoisotopic (exact) mass is 199 g/mol. The molecule has 0 bridgehead atoms. The van der Waals surface area contributed by atoms with Gasteiger partial charge in [-0.2, -0.15) is 0 Å². The Bertz CT molecular complexity index is 324. The van der Waals surface area contributed by atoms with Crippen molar-refractivity contribution in [2.75, 3.05) is 6.54 Å². The van der Waals surface area contributed by atoms with Crippen molar-refractivity contribution < 1.29 is 0 Å². The van der Waals surface area contributed by atoms with Crippen molar-refractivity contribution in [2.45, 2.75) is 38.6 Å². The van der Waals surface area contributed by atoms with Crippen molar-refractivity contribution in [3.63, 3.8) is 0 Å². The Morgan fingerprint density at radius 1 is 1.40 bits per heavy atom. The van der Waals surface area contributed by atoms with Crippen LogP contribution in [0.4, 0.5) is 0 Å². The molecule has 1 atom stereocenters. The minimum atomic E-state index is 0.553. The minimum Gasteiger partial charge on any atom is -0.351 e. The molecule has 1 unspecified atom stereocenters. The molecule has 1 fully saturated rings. The molecule has 2 heteroatoms. The summed E-state index contributed by atoms with van der Waals surface area (Å²) in [7, 11) is 5.93. The standard InChI is InChI=1S/C13H18BN/c1-2-11-5-3-6-12(9-11)10-13-7-4-8-15(13)14/h3,5-6,9,13H,2,4,7-8,10H2,1H3. The molecule has 1 saturated heterocycles. The summed E-state index contributed by atoms with van der Waals surface area (Å²) in [6.45, 7) is 3.25. The molecular weight excluding hydrogens is 181 g/mol. The molecule has 0 amide bonds. The fourth-order valence-corrected chi connectivity index (χ4v) is 2.33. The first-order chi connectivity index (χ1) is 7.29. The highest BCUT2D eigenvalue weighted by Crippen LogP contribution is 2.19. The fraction of sp³-hybridized carbons (Fsp3) is 0.538. The molecule has 0 N–H and O–H groups in total. The average Bonchev–Trinajstić information content (AvgIpc) is 2.65. The molecule has 0 aliphatic carbocycles.